The number of Topliss-reactive ketones (excluding diaryl/α,β-unsaturated/α-hetero) is 1. The van der Waals surface area contributed by atoms with Crippen molar-refractivity contribution in [1.82, 2.24) is 0 Å². The fourth-order valence-corrected chi connectivity index (χ4v) is 1.36. The third-order valence-electron chi connectivity index (χ3n) is 2.35. The Morgan fingerprint density at radius 2 is 1.64 bits per heavy atom. The highest BCUT2D eigenvalue weighted by Gasteiger charge is 2.26. The average molecular weight is 200 g/mol. The summed E-state index contributed by atoms with van der Waals surface area (Å²) in [6.45, 7) is 7.62. The third kappa shape index (κ3) is 3.90. The molecule has 0 aromatic heterocycles. The van der Waals surface area contributed by atoms with Crippen molar-refractivity contribution in [3.63, 3.8) is 0 Å². The molecular formula is C11H20O3. The Labute approximate surface area is 85.8 Å². The summed E-state index contributed by atoms with van der Waals surface area (Å²) in [7, 11) is 1.35. The summed E-state index contributed by atoms with van der Waals surface area (Å²) in [6, 6.07) is 0. The van der Waals surface area contributed by atoms with Gasteiger partial charge in [0.2, 0.25) is 0 Å². The van der Waals surface area contributed by atoms with Gasteiger partial charge in [-0.25, -0.2) is 0 Å². The molecule has 3 heteroatoms. The van der Waals surface area contributed by atoms with Crippen LogP contribution in [0, 0.1) is 17.8 Å². The van der Waals surface area contributed by atoms with Gasteiger partial charge in [-0.2, -0.15) is 0 Å². The second-order valence-electron chi connectivity index (χ2n) is 4.19. The van der Waals surface area contributed by atoms with Crippen molar-refractivity contribution in [3.8, 4) is 0 Å². The van der Waals surface area contributed by atoms with E-state index < -0.39 is 0 Å². The number of esters is 1. The molecule has 1 atom stereocenters. The average Bonchev–Trinajstić information content (AvgIpc) is 2.11. The lowest BCUT2D eigenvalue weighted by molar-refractivity contribution is -0.145. The van der Waals surface area contributed by atoms with Crippen molar-refractivity contribution in [2.24, 2.45) is 17.8 Å². The lowest BCUT2D eigenvalue weighted by Crippen LogP contribution is -2.27. The second-order valence-corrected chi connectivity index (χ2v) is 4.19. The van der Waals surface area contributed by atoms with E-state index in [1.165, 1.54) is 7.11 Å². The van der Waals surface area contributed by atoms with Crippen LogP contribution in [0.15, 0.2) is 0 Å². The highest BCUT2D eigenvalue weighted by molar-refractivity contribution is 5.86. The van der Waals surface area contributed by atoms with Crippen molar-refractivity contribution in [1.29, 1.82) is 0 Å². The summed E-state index contributed by atoms with van der Waals surface area (Å²) in [5, 5.41) is 0. The molecule has 0 spiro atoms. The molecule has 0 aliphatic heterocycles. The van der Waals surface area contributed by atoms with E-state index in [1.54, 1.807) is 0 Å². The molecule has 0 bridgehead atoms. The molecule has 14 heavy (non-hydrogen) atoms. The maximum atomic E-state index is 11.7. The van der Waals surface area contributed by atoms with Crippen LogP contribution in [0.2, 0.25) is 0 Å². The number of ether oxygens (including phenoxy) is 1. The summed E-state index contributed by atoms with van der Waals surface area (Å²) in [6.07, 6.45) is 0.200. The molecule has 0 aliphatic carbocycles. The van der Waals surface area contributed by atoms with E-state index >= 15 is 0 Å². The van der Waals surface area contributed by atoms with Crippen molar-refractivity contribution in [2.75, 3.05) is 7.11 Å². The smallest absolute Gasteiger partial charge is 0.306 e. The first-order valence-corrected chi connectivity index (χ1v) is 5.00. The maximum absolute atomic E-state index is 11.7. The van der Waals surface area contributed by atoms with Crippen molar-refractivity contribution in [3.05, 3.63) is 0 Å². The molecule has 0 unspecified atom stereocenters. The first kappa shape index (κ1) is 13.1. The van der Waals surface area contributed by atoms with Crippen LogP contribution >= 0.6 is 0 Å². The molecule has 0 aromatic rings. The maximum Gasteiger partial charge on any atom is 0.306 e. The summed E-state index contributed by atoms with van der Waals surface area (Å²) in [4.78, 5) is 22.8. The van der Waals surface area contributed by atoms with Crippen LogP contribution in [0.3, 0.4) is 0 Å². The van der Waals surface area contributed by atoms with Gasteiger partial charge in [-0.3, -0.25) is 9.59 Å². The third-order valence-corrected chi connectivity index (χ3v) is 2.35. The van der Waals surface area contributed by atoms with Gasteiger partial charge >= 0.3 is 5.97 Å². The standard InChI is InChI=1S/C11H20O3/c1-7(2)9(6-10(12)14-5)11(13)8(3)4/h7-9H,6H2,1-5H3/t9-/m1/s1. The first-order valence-electron chi connectivity index (χ1n) is 5.00. The summed E-state index contributed by atoms with van der Waals surface area (Å²) in [5.74, 6) is -0.207. The van der Waals surface area contributed by atoms with Gasteiger partial charge in [0.25, 0.3) is 0 Å². The molecule has 0 amide bonds. The van der Waals surface area contributed by atoms with Gasteiger partial charge in [-0.15, -0.1) is 0 Å². The first-order chi connectivity index (χ1) is 6.40. The number of methoxy groups -OCH3 is 1. The molecule has 0 radical (unpaired) electrons. The number of rotatable bonds is 5. The predicted octanol–water partition coefficient (Wildman–Crippen LogP) is 2.05. The van der Waals surface area contributed by atoms with Crippen molar-refractivity contribution in [2.45, 2.75) is 34.1 Å². The lowest BCUT2D eigenvalue weighted by Gasteiger charge is -2.20. The van der Waals surface area contributed by atoms with Gasteiger partial charge in [0.15, 0.2) is 0 Å². The molecule has 0 aromatic carbocycles. The van der Waals surface area contributed by atoms with Gasteiger partial charge in [0.05, 0.1) is 13.5 Å². The topological polar surface area (TPSA) is 43.4 Å². The largest absolute Gasteiger partial charge is 0.469 e. The second kappa shape index (κ2) is 5.78. The summed E-state index contributed by atoms with van der Waals surface area (Å²) in [5.41, 5.74) is 0. The monoisotopic (exact) mass is 200 g/mol. The molecule has 0 heterocycles. The van der Waals surface area contributed by atoms with Crippen LogP contribution in [0.5, 0.6) is 0 Å². The molecule has 0 aliphatic rings. The molecule has 0 fully saturated rings. The SMILES string of the molecule is COC(=O)C[C@@H](C(=O)C(C)C)C(C)C. The van der Waals surface area contributed by atoms with E-state index in [-0.39, 0.29) is 35.9 Å². The zero-order valence-electron chi connectivity index (χ0n) is 9.66. The van der Waals surface area contributed by atoms with Crippen molar-refractivity contribution < 1.29 is 14.3 Å². The molecule has 82 valence electrons. The minimum atomic E-state index is -0.308. The Balaban J connectivity index is 4.45. The van der Waals surface area contributed by atoms with E-state index in [1.807, 2.05) is 27.7 Å². The lowest BCUT2D eigenvalue weighted by atomic mass is 9.84. The predicted molar refractivity (Wildman–Crippen MR) is 54.8 cm³/mol. The number of ketones is 1. The van der Waals surface area contributed by atoms with Gasteiger partial charge in [0, 0.05) is 11.8 Å². The highest BCUT2D eigenvalue weighted by Crippen LogP contribution is 2.20. The van der Waals surface area contributed by atoms with Crippen molar-refractivity contribution >= 4 is 11.8 Å². The number of hydrogen-bond acceptors (Lipinski definition) is 3. The minimum absolute atomic E-state index is 0.0212. The van der Waals surface area contributed by atoms with Crippen LogP contribution in [0.1, 0.15) is 34.1 Å². The quantitative estimate of drug-likeness (QED) is 0.638. The van der Waals surface area contributed by atoms with Gasteiger partial charge < -0.3 is 4.74 Å². The zero-order chi connectivity index (χ0) is 11.3. The summed E-state index contributed by atoms with van der Waals surface area (Å²) < 4.78 is 4.57. The van der Waals surface area contributed by atoms with Crippen LogP contribution in [0.25, 0.3) is 0 Å². The van der Waals surface area contributed by atoms with E-state index in [0.29, 0.717) is 0 Å². The zero-order valence-corrected chi connectivity index (χ0v) is 9.66. The normalized spacial score (nSPS) is 13.1. The van der Waals surface area contributed by atoms with Crippen LogP contribution in [-0.4, -0.2) is 18.9 Å². The molecule has 0 rings (SSSR count). The molecule has 0 saturated heterocycles. The van der Waals surface area contributed by atoms with Gasteiger partial charge in [-0.05, 0) is 5.92 Å². The Hall–Kier alpha value is -0.860. The minimum Gasteiger partial charge on any atom is -0.469 e. The fraction of sp³-hybridized carbons (Fsp3) is 0.818. The summed E-state index contributed by atoms with van der Waals surface area (Å²) >= 11 is 0. The highest BCUT2D eigenvalue weighted by atomic mass is 16.5. The van der Waals surface area contributed by atoms with E-state index in [4.69, 9.17) is 0 Å². The Morgan fingerprint density at radius 1 is 1.14 bits per heavy atom. The van der Waals surface area contributed by atoms with E-state index in [2.05, 4.69) is 4.74 Å². The fourth-order valence-electron chi connectivity index (χ4n) is 1.36. The Kier molecular flexibility index (Phi) is 5.43. The van der Waals surface area contributed by atoms with E-state index in [9.17, 15) is 9.59 Å². The molecule has 0 N–H and O–H groups in total. The van der Waals surface area contributed by atoms with Crippen LogP contribution < -0.4 is 0 Å². The van der Waals surface area contributed by atoms with E-state index in [0.717, 1.165) is 0 Å². The molecular weight excluding hydrogens is 180 g/mol. The number of hydrogen-bond donors (Lipinski definition) is 0. The molecule has 3 nitrogen and oxygen atoms in total. The Morgan fingerprint density at radius 3 is 1.93 bits per heavy atom. The number of carbonyl (C=O) groups is 2. The number of carbonyl (C=O) groups excluding carboxylic acids is 2. The van der Waals surface area contributed by atoms with Crippen LogP contribution in [-0.2, 0) is 14.3 Å². The van der Waals surface area contributed by atoms with Gasteiger partial charge in [-0.1, -0.05) is 27.7 Å². The van der Waals surface area contributed by atoms with Gasteiger partial charge in [0.1, 0.15) is 5.78 Å². The van der Waals surface area contributed by atoms with Crippen LogP contribution in [0.4, 0.5) is 0 Å². The Bertz CT molecular complexity index is 207. The molecule has 0 saturated carbocycles.